The average molecular weight is 303 g/mol. The van der Waals surface area contributed by atoms with Gasteiger partial charge in [0.2, 0.25) is 11.8 Å². The van der Waals surface area contributed by atoms with Crippen LogP contribution in [0.25, 0.3) is 0 Å². The van der Waals surface area contributed by atoms with Crippen molar-refractivity contribution in [3.63, 3.8) is 0 Å². The van der Waals surface area contributed by atoms with Crippen molar-refractivity contribution in [2.45, 2.75) is 32.9 Å². The van der Waals surface area contributed by atoms with Gasteiger partial charge in [0.05, 0.1) is 6.04 Å². The summed E-state index contributed by atoms with van der Waals surface area (Å²) in [6, 6.07) is 9.73. The zero-order valence-electron chi connectivity index (χ0n) is 13.4. The minimum Gasteiger partial charge on any atom is -0.351 e. The van der Waals surface area contributed by atoms with Crippen molar-refractivity contribution in [3.8, 4) is 0 Å². The summed E-state index contributed by atoms with van der Waals surface area (Å²) in [5, 5.41) is 2.99. The SMILES string of the molecule is CC(=O)N1CCCN(C(C)C(=O)NCc2ccccc2)CC1. The number of rotatable bonds is 4. The minimum atomic E-state index is -0.171. The molecule has 0 aliphatic carbocycles. The Hall–Kier alpha value is -1.88. The summed E-state index contributed by atoms with van der Waals surface area (Å²) in [7, 11) is 0. The Morgan fingerprint density at radius 2 is 1.86 bits per heavy atom. The van der Waals surface area contributed by atoms with Gasteiger partial charge in [0.1, 0.15) is 0 Å². The number of carbonyl (C=O) groups is 2. The molecule has 1 aliphatic heterocycles. The van der Waals surface area contributed by atoms with E-state index in [1.54, 1.807) is 6.92 Å². The van der Waals surface area contributed by atoms with Crippen LogP contribution in [-0.4, -0.2) is 53.8 Å². The van der Waals surface area contributed by atoms with Crippen molar-refractivity contribution < 1.29 is 9.59 Å². The quantitative estimate of drug-likeness (QED) is 0.911. The topological polar surface area (TPSA) is 52.7 Å². The fourth-order valence-electron chi connectivity index (χ4n) is 2.74. The van der Waals surface area contributed by atoms with Crippen LogP contribution in [0.1, 0.15) is 25.8 Å². The molecule has 0 spiro atoms. The lowest BCUT2D eigenvalue weighted by Gasteiger charge is -2.26. The lowest BCUT2D eigenvalue weighted by atomic mass is 10.2. The molecule has 1 aromatic carbocycles. The van der Waals surface area contributed by atoms with Crippen LogP contribution < -0.4 is 5.32 Å². The molecule has 2 amide bonds. The highest BCUT2D eigenvalue weighted by molar-refractivity contribution is 5.81. The highest BCUT2D eigenvalue weighted by Gasteiger charge is 2.24. The minimum absolute atomic E-state index is 0.0418. The smallest absolute Gasteiger partial charge is 0.237 e. The lowest BCUT2D eigenvalue weighted by molar-refractivity contribution is -0.128. The van der Waals surface area contributed by atoms with Crippen LogP contribution in [0.2, 0.25) is 0 Å². The number of benzene rings is 1. The largest absolute Gasteiger partial charge is 0.351 e. The highest BCUT2D eigenvalue weighted by atomic mass is 16.2. The summed E-state index contributed by atoms with van der Waals surface area (Å²) in [5.41, 5.74) is 1.10. The van der Waals surface area contributed by atoms with E-state index >= 15 is 0 Å². The van der Waals surface area contributed by atoms with E-state index in [1.807, 2.05) is 42.2 Å². The van der Waals surface area contributed by atoms with Crippen LogP contribution in [0.4, 0.5) is 0 Å². The molecule has 0 radical (unpaired) electrons. The number of carbonyl (C=O) groups excluding carboxylic acids is 2. The second-order valence-corrected chi connectivity index (χ2v) is 5.77. The van der Waals surface area contributed by atoms with Crippen LogP contribution in [0.15, 0.2) is 30.3 Å². The molecule has 22 heavy (non-hydrogen) atoms. The molecule has 1 aromatic rings. The molecule has 0 aromatic heterocycles. The van der Waals surface area contributed by atoms with Gasteiger partial charge in [-0.15, -0.1) is 0 Å². The predicted molar refractivity (Wildman–Crippen MR) is 86.2 cm³/mol. The maximum atomic E-state index is 12.3. The number of hydrogen-bond donors (Lipinski definition) is 1. The van der Waals surface area contributed by atoms with E-state index in [-0.39, 0.29) is 17.9 Å². The Balaban J connectivity index is 1.83. The zero-order valence-corrected chi connectivity index (χ0v) is 13.4. The molecule has 0 bridgehead atoms. The normalized spacial score (nSPS) is 17.6. The van der Waals surface area contributed by atoms with Gasteiger partial charge in [-0.25, -0.2) is 0 Å². The fourth-order valence-corrected chi connectivity index (χ4v) is 2.74. The first-order valence-corrected chi connectivity index (χ1v) is 7.89. The van der Waals surface area contributed by atoms with Crippen molar-refractivity contribution in [1.29, 1.82) is 0 Å². The molecule has 5 heteroatoms. The van der Waals surface area contributed by atoms with Crippen LogP contribution in [0.5, 0.6) is 0 Å². The van der Waals surface area contributed by atoms with Crippen molar-refractivity contribution in [2.75, 3.05) is 26.2 Å². The molecule has 1 fully saturated rings. The summed E-state index contributed by atoms with van der Waals surface area (Å²) in [6.45, 7) is 7.17. The molecule has 1 heterocycles. The predicted octanol–water partition coefficient (Wildman–Crippen LogP) is 1.25. The molecule has 0 saturated carbocycles. The standard InChI is InChI=1S/C17H25N3O2/c1-14(17(22)18-13-16-7-4-3-5-8-16)19-9-6-10-20(12-11-19)15(2)21/h3-5,7-8,14H,6,9-13H2,1-2H3,(H,18,22). The van der Waals surface area contributed by atoms with Gasteiger partial charge in [-0.1, -0.05) is 30.3 Å². The zero-order chi connectivity index (χ0) is 15.9. The summed E-state index contributed by atoms with van der Waals surface area (Å²) >= 11 is 0. The van der Waals surface area contributed by atoms with E-state index in [9.17, 15) is 9.59 Å². The summed E-state index contributed by atoms with van der Waals surface area (Å²) < 4.78 is 0. The van der Waals surface area contributed by atoms with E-state index in [1.165, 1.54) is 0 Å². The first-order chi connectivity index (χ1) is 10.6. The van der Waals surface area contributed by atoms with Gasteiger partial charge in [0.25, 0.3) is 0 Å². The molecule has 1 saturated heterocycles. The van der Waals surface area contributed by atoms with Gasteiger partial charge in [-0.2, -0.15) is 0 Å². The maximum absolute atomic E-state index is 12.3. The Morgan fingerprint density at radius 3 is 2.55 bits per heavy atom. The molecule has 2 rings (SSSR count). The molecule has 1 unspecified atom stereocenters. The molecule has 1 atom stereocenters. The first kappa shape index (κ1) is 16.5. The van der Waals surface area contributed by atoms with Crippen molar-refractivity contribution in [2.24, 2.45) is 0 Å². The average Bonchev–Trinajstić information content (AvgIpc) is 2.79. The Morgan fingerprint density at radius 1 is 1.14 bits per heavy atom. The van der Waals surface area contributed by atoms with Crippen molar-refractivity contribution in [1.82, 2.24) is 15.1 Å². The highest BCUT2D eigenvalue weighted by Crippen LogP contribution is 2.08. The van der Waals surface area contributed by atoms with E-state index in [0.29, 0.717) is 13.1 Å². The first-order valence-electron chi connectivity index (χ1n) is 7.89. The van der Waals surface area contributed by atoms with E-state index in [2.05, 4.69) is 10.2 Å². The van der Waals surface area contributed by atoms with Crippen LogP contribution in [0, 0.1) is 0 Å². The number of nitrogens with one attached hydrogen (secondary N) is 1. The number of hydrogen-bond acceptors (Lipinski definition) is 3. The van der Waals surface area contributed by atoms with Crippen molar-refractivity contribution >= 4 is 11.8 Å². The fraction of sp³-hybridized carbons (Fsp3) is 0.529. The summed E-state index contributed by atoms with van der Waals surface area (Å²) in [6.07, 6.45) is 0.913. The molecular formula is C17H25N3O2. The lowest BCUT2D eigenvalue weighted by Crippen LogP contribution is -2.46. The van der Waals surface area contributed by atoms with Gasteiger partial charge < -0.3 is 10.2 Å². The maximum Gasteiger partial charge on any atom is 0.237 e. The van der Waals surface area contributed by atoms with Gasteiger partial charge in [0, 0.05) is 39.6 Å². The third-order valence-corrected chi connectivity index (χ3v) is 4.21. The Labute approximate surface area is 132 Å². The number of nitrogens with zero attached hydrogens (tertiary/aromatic N) is 2. The number of amides is 2. The van der Waals surface area contributed by atoms with Gasteiger partial charge in [0.15, 0.2) is 0 Å². The van der Waals surface area contributed by atoms with Crippen LogP contribution in [-0.2, 0) is 16.1 Å². The van der Waals surface area contributed by atoms with E-state index in [4.69, 9.17) is 0 Å². The van der Waals surface area contributed by atoms with E-state index in [0.717, 1.165) is 31.6 Å². The van der Waals surface area contributed by atoms with Gasteiger partial charge in [-0.05, 0) is 18.9 Å². The third kappa shape index (κ3) is 4.56. The molecular weight excluding hydrogens is 278 g/mol. The molecule has 1 N–H and O–H groups in total. The van der Waals surface area contributed by atoms with Gasteiger partial charge in [-0.3, -0.25) is 14.5 Å². The van der Waals surface area contributed by atoms with Gasteiger partial charge >= 0.3 is 0 Å². The van der Waals surface area contributed by atoms with E-state index < -0.39 is 0 Å². The summed E-state index contributed by atoms with van der Waals surface area (Å²) in [4.78, 5) is 27.8. The second-order valence-electron chi connectivity index (χ2n) is 5.77. The molecule has 1 aliphatic rings. The Kier molecular flexibility index (Phi) is 5.95. The molecule has 5 nitrogen and oxygen atoms in total. The van der Waals surface area contributed by atoms with Crippen LogP contribution in [0.3, 0.4) is 0 Å². The van der Waals surface area contributed by atoms with Crippen molar-refractivity contribution in [3.05, 3.63) is 35.9 Å². The summed E-state index contributed by atoms with van der Waals surface area (Å²) in [5.74, 6) is 0.156. The van der Waals surface area contributed by atoms with Crippen LogP contribution >= 0.6 is 0 Å². The Bertz CT molecular complexity index is 504. The third-order valence-electron chi connectivity index (χ3n) is 4.21. The monoisotopic (exact) mass is 303 g/mol. The molecule has 120 valence electrons. The second kappa shape index (κ2) is 7.94.